The third-order valence-corrected chi connectivity index (χ3v) is 1.11. The van der Waals surface area contributed by atoms with Gasteiger partial charge in [0, 0.05) is 6.07 Å². The molecule has 0 aromatic carbocycles. The third-order valence-electron chi connectivity index (χ3n) is 1.11. The molecule has 4 N–H and O–H groups in total. The predicted molar refractivity (Wildman–Crippen MR) is 38.0 cm³/mol. The average Bonchev–Trinajstić information content (AvgIpc) is 2.33. The highest BCUT2D eigenvalue weighted by molar-refractivity contribution is 5.86. The minimum absolute atomic E-state index is 0. The van der Waals surface area contributed by atoms with Crippen molar-refractivity contribution >= 4 is 11.7 Å². The zero-order valence-corrected chi connectivity index (χ0v) is 5.77. The second-order valence-electron chi connectivity index (χ2n) is 1.83. The standard InChI is InChI=1S/C5H4N2O4.H2O/c8-5(9)4-1-3(2-6-4)7(10)11;/h1-2,6H,(H,8,9);1H2. The van der Waals surface area contributed by atoms with E-state index in [0.29, 0.717) is 0 Å². The molecule has 66 valence electrons. The van der Waals surface area contributed by atoms with E-state index in [1.165, 1.54) is 0 Å². The Labute approximate surface area is 66.1 Å². The Morgan fingerprint density at radius 1 is 1.67 bits per heavy atom. The molecule has 0 aliphatic rings. The molecule has 1 aromatic heterocycles. The molecule has 0 aliphatic heterocycles. The monoisotopic (exact) mass is 174 g/mol. The highest BCUT2D eigenvalue weighted by atomic mass is 16.6. The lowest BCUT2D eigenvalue weighted by Gasteiger charge is -1.81. The van der Waals surface area contributed by atoms with E-state index in [0.717, 1.165) is 12.3 Å². The molecule has 0 aliphatic carbocycles. The van der Waals surface area contributed by atoms with E-state index < -0.39 is 10.9 Å². The van der Waals surface area contributed by atoms with Gasteiger partial charge in [-0.15, -0.1) is 0 Å². The lowest BCUT2D eigenvalue weighted by atomic mass is 10.4. The summed E-state index contributed by atoms with van der Waals surface area (Å²) in [6, 6.07) is 0.961. The van der Waals surface area contributed by atoms with Gasteiger partial charge in [0.2, 0.25) is 0 Å². The molecule has 0 fully saturated rings. The van der Waals surface area contributed by atoms with Gasteiger partial charge in [-0.2, -0.15) is 0 Å². The topological polar surface area (TPSA) is 128 Å². The van der Waals surface area contributed by atoms with Crippen molar-refractivity contribution in [2.24, 2.45) is 0 Å². The number of aromatic carboxylic acids is 1. The number of hydrogen-bond donors (Lipinski definition) is 2. The summed E-state index contributed by atoms with van der Waals surface area (Å²) in [6.07, 6.45) is 1.03. The fourth-order valence-corrected chi connectivity index (χ4v) is 0.612. The third kappa shape index (κ3) is 1.80. The molecular weight excluding hydrogens is 168 g/mol. The smallest absolute Gasteiger partial charge is 0.352 e. The van der Waals surface area contributed by atoms with Crippen molar-refractivity contribution in [3.8, 4) is 0 Å². The van der Waals surface area contributed by atoms with Crippen LogP contribution in [0.5, 0.6) is 0 Å². The van der Waals surface area contributed by atoms with Gasteiger partial charge in [-0.25, -0.2) is 4.79 Å². The summed E-state index contributed by atoms with van der Waals surface area (Å²) in [7, 11) is 0. The molecule has 1 heterocycles. The Balaban J connectivity index is 0.00000121. The molecule has 0 bridgehead atoms. The molecule has 12 heavy (non-hydrogen) atoms. The van der Waals surface area contributed by atoms with Crippen LogP contribution in [-0.4, -0.2) is 26.5 Å². The molecule has 0 spiro atoms. The van der Waals surface area contributed by atoms with Crippen molar-refractivity contribution in [1.29, 1.82) is 0 Å². The number of aromatic amines is 1. The maximum atomic E-state index is 10.2. The second kappa shape index (κ2) is 3.49. The van der Waals surface area contributed by atoms with Gasteiger partial charge < -0.3 is 15.6 Å². The number of H-pyrrole nitrogens is 1. The van der Waals surface area contributed by atoms with Crippen molar-refractivity contribution in [3.63, 3.8) is 0 Å². The average molecular weight is 174 g/mol. The maximum absolute atomic E-state index is 10.2. The highest BCUT2D eigenvalue weighted by Gasteiger charge is 2.12. The minimum atomic E-state index is -1.21. The molecule has 1 aromatic rings. The van der Waals surface area contributed by atoms with Crippen LogP contribution >= 0.6 is 0 Å². The van der Waals surface area contributed by atoms with Gasteiger partial charge in [-0.1, -0.05) is 0 Å². The molecule has 0 atom stereocenters. The quantitative estimate of drug-likeness (QED) is 0.475. The summed E-state index contributed by atoms with van der Waals surface area (Å²) >= 11 is 0. The summed E-state index contributed by atoms with van der Waals surface area (Å²) in [5.41, 5.74) is -0.431. The van der Waals surface area contributed by atoms with Crippen LogP contribution < -0.4 is 0 Å². The van der Waals surface area contributed by atoms with Crippen molar-refractivity contribution in [2.75, 3.05) is 0 Å². The van der Waals surface area contributed by atoms with Gasteiger partial charge in [-0.05, 0) is 0 Å². The number of carbonyl (C=O) groups is 1. The predicted octanol–water partition coefficient (Wildman–Crippen LogP) is -0.204. The lowest BCUT2D eigenvalue weighted by molar-refractivity contribution is -0.384. The first kappa shape index (κ1) is 10.1. The van der Waals surface area contributed by atoms with Gasteiger partial charge >= 0.3 is 5.97 Å². The van der Waals surface area contributed by atoms with Gasteiger partial charge in [0.15, 0.2) is 0 Å². The molecular formula is C5H6N2O5. The van der Waals surface area contributed by atoms with E-state index in [1.54, 1.807) is 0 Å². The fourth-order valence-electron chi connectivity index (χ4n) is 0.612. The maximum Gasteiger partial charge on any atom is 0.352 e. The lowest BCUT2D eigenvalue weighted by Crippen LogP contribution is -1.94. The van der Waals surface area contributed by atoms with Crippen molar-refractivity contribution in [3.05, 3.63) is 28.1 Å². The summed E-state index contributed by atoms with van der Waals surface area (Å²) in [4.78, 5) is 21.8. The summed E-state index contributed by atoms with van der Waals surface area (Å²) in [5.74, 6) is -1.21. The van der Waals surface area contributed by atoms with E-state index >= 15 is 0 Å². The number of carboxylic acids is 1. The molecule has 0 amide bonds. The summed E-state index contributed by atoms with van der Waals surface area (Å²) < 4.78 is 0. The molecule has 0 radical (unpaired) electrons. The van der Waals surface area contributed by atoms with Crippen molar-refractivity contribution < 1.29 is 20.3 Å². The largest absolute Gasteiger partial charge is 0.477 e. The van der Waals surface area contributed by atoms with Crippen LogP contribution in [0.3, 0.4) is 0 Å². The Morgan fingerprint density at radius 3 is 2.50 bits per heavy atom. The normalized spacial score (nSPS) is 8.67. The molecule has 7 heteroatoms. The van der Waals surface area contributed by atoms with Gasteiger partial charge in [-0.3, -0.25) is 10.1 Å². The number of nitrogens with zero attached hydrogens (tertiary/aromatic N) is 1. The van der Waals surface area contributed by atoms with Gasteiger partial charge in [0.25, 0.3) is 5.69 Å². The van der Waals surface area contributed by atoms with Gasteiger partial charge in [0.1, 0.15) is 5.69 Å². The molecule has 0 saturated heterocycles. The first-order chi connectivity index (χ1) is 5.11. The fraction of sp³-hybridized carbons (Fsp3) is 0. The second-order valence-corrected chi connectivity index (χ2v) is 1.83. The molecule has 1 rings (SSSR count). The number of nitrogens with one attached hydrogen (secondary N) is 1. The highest BCUT2D eigenvalue weighted by Crippen LogP contribution is 2.11. The number of aromatic nitrogens is 1. The number of rotatable bonds is 2. The van der Waals surface area contributed by atoms with Crippen LogP contribution in [0.2, 0.25) is 0 Å². The number of carboxylic acid groups (broad SMARTS) is 1. The summed E-state index contributed by atoms with van der Waals surface area (Å²) in [5, 5.41) is 18.4. The Kier molecular flexibility index (Phi) is 2.94. The number of hydrogen-bond acceptors (Lipinski definition) is 3. The van der Waals surface area contributed by atoms with E-state index in [-0.39, 0.29) is 16.9 Å². The number of nitro groups is 1. The van der Waals surface area contributed by atoms with E-state index in [4.69, 9.17) is 5.11 Å². The van der Waals surface area contributed by atoms with Crippen LogP contribution in [0, 0.1) is 10.1 Å². The van der Waals surface area contributed by atoms with Crippen LogP contribution in [0.4, 0.5) is 5.69 Å². The van der Waals surface area contributed by atoms with Crippen LogP contribution in [0.1, 0.15) is 10.5 Å². The Morgan fingerprint density at radius 2 is 2.25 bits per heavy atom. The zero-order chi connectivity index (χ0) is 8.43. The van der Waals surface area contributed by atoms with E-state index in [1.807, 2.05) is 0 Å². The molecule has 0 saturated carbocycles. The minimum Gasteiger partial charge on any atom is -0.477 e. The van der Waals surface area contributed by atoms with Crippen LogP contribution in [0.25, 0.3) is 0 Å². The first-order valence-electron chi connectivity index (χ1n) is 2.67. The first-order valence-corrected chi connectivity index (χ1v) is 2.67. The van der Waals surface area contributed by atoms with Crippen LogP contribution in [0.15, 0.2) is 12.3 Å². The van der Waals surface area contributed by atoms with Crippen LogP contribution in [-0.2, 0) is 0 Å². The van der Waals surface area contributed by atoms with Crippen molar-refractivity contribution in [1.82, 2.24) is 4.98 Å². The van der Waals surface area contributed by atoms with E-state index in [2.05, 4.69) is 4.98 Å². The van der Waals surface area contributed by atoms with Gasteiger partial charge in [0.05, 0.1) is 11.1 Å². The Bertz CT molecular complexity index is 276. The summed E-state index contributed by atoms with van der Waals surface area (Å²) in [6.45, 7) is 0. The van der Waals surface area contributed by atoms with Crippen molar-refractivity contribution in [2.45, 2.75) is 0 Å². The molecule has 7 nitrogen and oxygen atoms in total. The zero-order valence-electron chi connectivity index (χ0n) is 5.77. The van der Waals surface area contributed by atoms with E-state index in [9.17, 15) is 14.9 Å². The molecule has 0 unspecified atom stereocenters. The SMILES string of the molecule is O.O=C(O)c1cc([N+](=O)[O-])c[nH]1. The Hall–Kier alpha value is -1.89.